The lowest BCUT2D eigenvalue weighted by molar-refractivity contribution is -0.384. The predicted molar refractivity (Wildman–Crippen MR) is 94.6 cm³/mol. The van der Waals surface area contributed by atoms with E-state index in [1.165, 1.54) is 24.3 Å². The van der Waals surface area contributed by atoms with Gasteiger partial charge in [0, 0.05) is 25.2 Å². The molecule has 2 N–H and O–H groups in total. The smallest absolute Gasteiger partial charge is 0.319 e. The zero-order valence-electron chi connectivity index (χ0n) is 13.5. The fourth-order valence-corrected chi connectivity index (χ4v) is 2.65. The second kappa shape index (κ2) is 6.96. The van der Waals surface area contributed by atoms with Crippen LogP contribution in [0.2, 0.25) is 5.02 Å². The van der Waals surface area contributed by atoms with Gasteiger partial charge in [-0.3, -0.25) is 10.1 Å². The Morgan fingerprint density at radius 3 is 2.81 bits per heavy atom. The van der Waals surface area contributed by atoms with E-state index in [9.17, 15) is 19.3 Å². The van der Waals surface area contributed by atoms with Crippen molar-refractivity contribution >= 4 is 40.0 Å². The van der Waals surface area contributed by atoms with Gasteiger partial charge in [0.1, 0.15) is 11.6 Å². The molecule has 8 nitrogen and oxygen atoms in total. The predicted octanol–water partition coefficient (Wildman–Crippen LogP) is 3.60. The lowest BCUT2D eigenvalue weighted by atomic mass is 10.3. The van der Waals surface area contributed by atoms with E-state index in [4.69, 9.17) is 11.6 Å². The van der Waals surface area contributed by atoms with E-state index in [0.717, 1.165) is 11.6 Å². The summed E-state index contributed by atoms with van der Waals surface area (Å²) in [6, 6.07) is 7.44. The third-order valence-corrected chi connectivity index (χ3v) is 4.07. The molecule has 0 aliphatic carbocycles. The maximum Gasteiger partial charge on any atom is 0.319 e. The average Bonchev–Trinajstić information content (AvgIpc) is 2.90. The van der Waals surface area contributed by atoms with Crippen molar-refractivity contribution in [3.8, 4) is 0 Å². The molecule has 3 rings (SSSR count). The number of hydrogen-bond acceptors (Lipinski definition) is 4. The van der Waals surface area contributed by atoms with Gasteiger partial charge in [0.05, 0.1) is 33.2 Å². The number of nitro groups is 1. The first-order valence-corrected chi connectivity index (χ1v) is 7.82. The Hall–Kier alpha value is -3.20. The first-order valence-electron chi connectivity index (χ1n) is 7.45. The molecule has 10 heteroatoms. The number of urea groups is 1. The number of rotatable bonds is 4. The van der Waals surface area contributed by atoms with E-state index in [0.29, 0.717) is 11.3 Å². The standard InChI is InChI=1S/C16H13ClFN5O3/c1-22-14-5-2-9(18)6-13(14)20-15(22)8-19-16(24)21-12-4-3-10(23(25)26)7-11(12)17/h2-7H,8H2,1H3,(H2,19,21,24). The molecule has 0 aliphatic heterocycles. The summed E-state index contributed by atoms with van der Waals surface area (Å²) in [5.41, 5.74) is 1.29. The number of benzene rings is 2. The molecule has 26 heavy (non-hydrogen) atoms. The Morgan fingerprint density at radius 1 is 1.35 bits per heavy atom. The molecular formula is C16H13ClFN5O3. The molecule has 1 aromatic heterocycles. The van der Waals surface area contributed by atoms with Crippen LogP contribution in [0.3, 0.4) is 0 Å². The third-order valence-electron chi connectivity index (χ3n) is 3.75. The van der Waals surface area contributed by atoms with Crippen LogP contribution in [0.25, 0.3) is 11.0 Å². The lowest BCUT2D eigenvalue weighted by Gasteiger charge is -2.09. The second-order valence-corrected chi connectivity index (χ2v) is 5.86. The Bertz CT molecular complexity index is 1020. The summed E-state index contributed by atoms with van der Waals surface area (Å²) in [5.74, 6) is 0.149. The molecule has 2 aromatic carbocycles. The molecule has 0 radical (unpaired) electrons. The quantitative estimate of drug-likeness (QED) is 0.535. The monoisotopic (exact) mass is 377 g/mol. The number of fused-ring (bicyclic) bond motifs is 1. The minimum Gasteiger partial charge on any atom is -0.331 e. The second-order valence-electron chi connectivity index (χ2n) is 5.45. The number of anilines is 1. The molecule has 0 saturated heterocycles. The minimum absolute atomic E-state index is 0.0487. The number of nitrogens with one attached hydrogen (secondary N) is 2. The fraction of sp³-hybridized carbons (Fsp3) is 0.125. The first kappa shape index (κ1) is 17.6. The highest BCUT2D eigenvalue weighted by atomic mass is 35.5. The molecule has 1 heterocycles. The van der Waals surface area contributed by atoms with E-state index < -0.39 is 11.0 Å². The van der Waals surface area contributed by atoms with E-state index in [1.807, 2.05) is 0 Å². The number of aromatic nitrogens is 2. The number of nitrogens with zero attached hydrogens (tertiary/aromatic N) is 3. The van der Waals surface area contributed by atoms with Gasteiger partial charge >= 0.3 is 6.03 Å². The summed E-state index contributed by atoms with van der Waals surface area (Å²) < 4.78 is 15.0. The largest absolute Gasteiger partial charge is 0.331 e. The van der Waals surface area contributed by atoms with Crippen molar-refractivity contribution in [1.82, 2.24) is 14.9 Å². The normalized spacial score (nSPS) is 10.7. The van der Waals surface area contributed by atoms with Crippen LogP contribution in [-0.4, -0.2) is 20.5 Å². The van der Waals surface area contributed by atoms with Crippen LogP contribution in [0.5, 0.6) is 0 Å². The van der Waals surface area contributed by atoms with Gasteiger partial charge < -0.3 is 15.2 Å². The molecule has 0 fully saturated rings. The van der Waals surface area contributed by atoms with E-state index in [-0.39, 0.29) is 28.8 Å². The number of imidazole rings is 1. The molecular weight excluding hydrogens is 365 g/mol. The third kappa shape index (κ3) is 3.57. The van der Waals surface area contributed by atoms with Gasteiger partial charge in [0.25, 0.3) is 5.69 Å². The van der Waals surface area contributed by atoms with Crippen LogP contribution in [0.4, 0.5) is 20.6 Å². The lowest BCUT2D eigenvalue weighted by Crippen LogP contribution is -2.29. The number of non-ortho nitro benzene ring substituents is 1. The topological polar surface area (TPSA) is 102 Å². The van der Waals surface area contributed by atoms with Gasteiger partial charge in [-0.1, -0.05) is 11.6 Å². The number of nitro benzene ring substituents is 1. The van der Waals surface area contributed by atoms with Crippen molar-refractivity contribution in [2.45, 2.75) is 6.54 Å². The summed E-state index contributed by atoms with van der Waals surface area (Å²) in [4.78, 5) is 26.4. The first-order chi connectivity index (χ1) is 12.3. The average molecular weight is 378 g/mol. The molecule has 0 unspecified atom stereocenters. The summed E-state index contributed by atoms with van der Waals surface area (Å²) in [7, 11) is 1.76. The summed E-state index contributed by atoms with van der Waals surface area (Å²) in [5, 5.41) is 15.9. The van der Waals surface area contributed by atoms with Gasteiger partial charge in [-0.25, -0.2) is 14.2 Å². The van der Waals surface area contributed by atoms with Crippen LogP contribution < -0.4 is 10.6 Å². The van der Waals surface area contributed by atoms with Crippen molar-refractivity contribution in [2.24, 2.45) is 7.05 Å². The van der Waals surface area contributed by atoms with Crippen LogP contribution in [0, 0.1) is 15.9 Å². The number of carbonyl (C=O) groups excluding carboxylic acids is 1. The number of amides is 2. The van der Waals surface area contributed by atoms with Crippen molar-refractivity contribution < 1.29 is 14.1 Å². The van der Waals surface area contributed by atoms with E-state index >= 15 is 0 Å². The van der Waals surface area contributed by atoms with Crippen LogP contribution >= 0.6 is 11.6 Å². The molecule has 0 bridgehead atoms. The minimum atomic E-state index is -0.579. The molecule has 3 aromatic rings. The Balaban J connectivity index is 1.68. The van der Waals surface area contributed by atoms with E-state index in [2.05, 4.69) is 15.6 Å². The SMILES string of the molecule is Cn1c(CNC(=O)Nc2ccc([N+](=O)[O-])cc2Cl)nc2cc(F)ccc21. The molecule has 0 atom stereocenters. The molecule has 0 aliphatic rings. The highest BCUT2D eigenvalue weighted by Crippen LogP contribution is 2.26. The maximum absolute atomic E-state index is 13.3. The Kier molecular flexibility index (Phi) is 4.72. The number of aryl methyl sites for hydroxylation is 1. The van der Waals surface area contributed by atoms with Crippen molar-refractivity contribution in [3.05, 3.63) is 63.2 Å². The molecule has 134 valence electrons. The highest BCUT2D eigenvalue weighted by Gasteiger charge is 2.13. The summed E-state index contributed by atoms with van der Waals surface area (Å²) in [6.45, 7) is 0.100. The van der Waals surface area contributed by atoms with Gasteiger partial charge in [0.15, 0.2) is 0 Å². The Morgan fingerprint density at radius 2 is 2.12 bits per heavy atom. The Labute approximate surface area is 151 Å². The number of hydrogen-bond donors (Lipinski definition) is 2. The maximum atomic E-state index is 13.3. The summed E-state index contributed by atoms with van der Waals surface area (Å²) >= 11 is 5.93. The highest BCUT2D eigenvalue weighted by molar-refractivity contribution is 6.33. The number of halogens is 2. The van der Waals surface area contributed by atoms with Gasteiger partial charge in [-0.2, -0.15) is 0 Å². The zero-order chi connectivity index (χ0) is 18.8. The van der Waals surface area contributed by atoms with Crippen LogP contribution in [-0.2, 0) is 13.6 Å². The van der Waals surface area contributed by atoms with Crippen molar-refractivity contribution in [2.75, 3.05) is 5.32 Å². The number of carbonyl (C=O) groups is 1. The molecule has 2 amide bonds. The fourth-order valence-electron chi connectivity index (χ4n) is 2.43. The van der Waals surface area contributed by atoms with Gasteiger partial charge in [-0.05, 0) is 18.2 Å². The van der Waals surface area contributed by atoms with Crippen LogP contribution in [0.1, 0.15) is 5.82 Å². The van der Waals surface area contributed by atoms with Gasteiger partial charge in [0.2, 0.25) is 0 Å². The van der Waals surface area contributed by atoms with Gasteiger partial charge in [-0.15, -0.1) is 0 Å². The molecule has 0 saturated carbocycles. The van der Waals surface area contributed by atoms with Crippen LogP contribution in [0.15, 0.2) is 36.4 Å². The van der Waals surface area contributed by atoms with Crippen molar-refractivity contribution in [3.63, 3.8) is 0 Å². The van der Waals surface area contributed by atoms with E-state index in [1.54, 1.807) is 17.7 Å². The van der Waals surface area contributed by atoms with Crippen molar-refractivity contribution in [1.29, 1.82) is 0 Å². The summed E-state index contributed by atoms with van der Waals surface area (Å²) in [6.07, 6.45) is 0. The molecule has 0 spiro atoms. The zero-order valence-corrected chi connectivity index (χ0v) is 14.2.